The van der Waals surface area contributed by atoms with E-state index in [9.17, 15) is 0 Å². The van der Waals surface area contributed by atoms with E-state index < -0.39 is 0 Å². The number of fused-ring (bicyclic) bond motifs is 1. The van der Waals surface area contributed by atoms with Gasteiger partial charge in [0, 0.05) is 0 Å². The molecule has 0 N–H and O–H groups in total. The van der Waals surface area contributed by atoms with Gasteiger partial charge in [0.1, 0.15) is 0 Å². The number of rotatable bonds is 2. The Morgan fingerprint density at radius 1 is 0.889 bits per heavy atom. The molecule has 18 heavy (non-hydrogen) atoms. The lowest BCUT2D eigenvalue weighted by Crippen LogP contribution is -2.54. The fourth-order valence-corrected chi connectivity index (χ4v) is 3.94. The summed E-state index contributed by atoms with van der Waals surface area (Å²) in [5.41, 5.74) is -0.141. The number of hydrogen-bond donors (Lipinski definition) is 0. The van der Waals surface area contributed by atoms with Gasteiger partial charge in [0.25, 0.3) is 0 Å². The molecule has 0 radical (unpaired) electrons. The van der Waals surface area contributed by atoms with E-state index in [-0.39, 0.29) is 23.6 Å². The standard InChI is InChI=1S/C15H29BO2/c1-11(2)14-9-8-10-15(14,12(3)4)18-16(17-14)13(5,6)7/h11-12H,8-10H2,1-7H3/t14-,15+. The molecule has 1 saturated heterocycles. The molecule has 3 heteroatoms. The lowest BCUT2D eigenvalue weighted by Gasteiger charge is -2.44. The van der Waals surface area contributed by atoms with Crippen molar-refractivity contribution >= 4 is 7.12 Å². The van der Waals surface area contributed by atoms with Gasteiger partial charge >= 0.3 is 7.12 Å². The third-order valence-corrected chi connectivity index (χ3v) is 5.02. The van der Waals surface area contributed by atoms with E-state index in [1.807, 2.05) is 0 Å². The highest BCUT2D eigenvalue weighted by Crippen LogP contribution is 2.59. The van der Waals surface area contributed by atoms with Gasteiger partial charge in [0.15, 0.2) is 0 Å². The summed E-state index contributed by atoms with van der Waals surface area (Å²) < 4.78 is 13.1. The van der Waals surface area contributed by atoms with E-state index in [2.05, 4.69) is 48.5 Å². The van der Waals surface area contributed by atoms with Crippen molar-refractivity contribution in [3.63, 3.8) is 0 Å². The normalized spacial score (nSPS) is 36.8. The summed E-state index contributed by atoms with van der Waals surface area (Å²) >= 11 is 0. The van der Waals surface area contributed by atoms with Crippen molar-refractivity contribution in [2.75, 3.05) is 0 Å². The summed E-state index contributed by atoms with van der Waals surface area (Å²) in [4.78, 5) is 0. The fourth-order valence-electron chi connectivity index (χ4n) is 3.94. The molecule has 1 saturated carbocycles. The Balaban J connectivity index is 2.41. The smallest absolute Gasteiger partial charge is 0.402 e. The zero-order valence-electron chi connectivity index (χ0n) is 13.2. The van der Waals surface area contributed by atoms with Crippen LogP contribution in [0.1, 0.15) is 67.7 Å². The van der Waals surface area contributed by atoms with Crippen LogP contribution in [0.2, 0.25) is 5.31 Å². The van der Waals surface area contributed by atoms with Crippen LogP contribution in [0, 0.1) is 11.8 Å². The van der Waals surface area contributed by atoms with Crippen LogP contribution in [0.3, 0.4) is 0 Å². The van der Waals surface area contributed by atoms with Gasteiger partial charge in [-0.15, -0.1) is 0 Å². The van der Waals surface area contributed by atoms with Crippen LogP contribution in [0.5, 0.6) is 0 Å². The Bertz CT molecular complexity index is 297. The predicted octanol–water partition coefficient (Wildman–Crippen LogP) is 4.30. The molecule has 0 unspecified atom stereocenters. The van der Waals surface area contributed by atoms with Gasteiger partial charge in [0.2, 0.25) is 0 Å². The maximum absolute atomic E-state index is 6.54. The van der Waals surface area contributed by atoms with E-state index in [0.29, 0.717) is 11.8 Å². The van der Waals surface area contributed by atoms with Crippen LogP contribution >= 0.6 is 0 Å². The lowest BCUT2D eigenvalue weighted by molar-refractivity contribution is -0.0829. The quantitative estimate of drug-likeness (QED) is 0.682. The molecule has 2 aliphatic rings. The minimum Gasteiger partial charge on any atom is -0.402 e. The molecule has 104 valence electrons. The second kappa shape index (κ2) is 4.24. The van der Waals surface area contributed by atoms with Crippen molar-refractivity contribution in [3.8, 4) is 0 Å². The molecule has 1 heterocycles. The summed E-state index contributed by atoms with van der Waals surface area (Å²) in [6.07, 6.45) is 3.53. The molecule has 2 atom stereocenters. The van der Waals surface area contributed by atoms with E-state index >= 15 is 0 Å². The molecular formula is C15H29BO2. The Hall–Kier alpha value is -0.0151. The molecule has 0 aromatic heterocycles. The zero-order chi connectivity index (χ0) is 13.8. The van der Waals surface area contributed by atoms with Gasteiger partial charge in [-0.05, 0) is 36.4 Å². The molecule has 2 fully saturated rings. The maximum atomic E-state index is 6.54. The summed E-state index contributed by atoms with van der Waals surface area (Å²) in [5.74, 6) is 1.02. The van der Waals surface area contributed by atoms with Crippen molar-refractivity contribution in [3.05, 3.63) is 0 Å². The molecule has 0 bridgehead atoms. The topological polar surface area (TPSA) is 18.5 Å². The predicted molar refractivity (Wildman–Crippen MR) is 76.6 cm³/mol. The summed E-state index contributed by atoms with van der Waals surface area (Å²) in [5, 5.41) is 0.0497. The van der Waals surface area contributed by atoms with Gasteiger partial charge in [-0.25, -0.2) is 0 Å². The van der Waals surface area contributed by atoms with Gasteiger partial charge in [-0.1, -0.05) is 48.5 Å². The molecule has 1 aliphatic heterocycles. The molecular weight excluding hydrogens is 223 g/mol. The van der Waals surface area contributed by atoms with E-state index in [4.69, 9.17) is 9.31 Å². The highest BCUT2D eigenvalue weighted by atomic mass is 16.7. The van der Waals surface area contributed by atoms with Gasteiger partial charge < -0.3 is 9.31 Å². The first-order valence-electron chi connectivity index (χ1n) is 7.51. The molecule has 0 aromatic carbocycles. The Morgan fingerprint density at radius 3 is 1.56 bits per heavy atom. The van der Waals surface area contributed by atoms with Crippen LogP contribution in [-0.2, 0) is 9.31 Å². The van der Waals surface area contributed by atoms with Crippen LogP contribution in [-0.4, -0.2) is 18.3 Å². The third kappa shape index (κ3) is 1.77. The van der Waals surface area contributed by atoms with E-state index in [1.165, 1.54) is 6.42 Å². The van der Waals surface area contributed by atoms with Crippen LogP contribution in [0.25, 0.3) is 0 Å². The minimum absolute atomic E-state index is 0.0497. The molecule has 0 spiro atoms. The van der Waals surface area contributed by atoms with Crippen molar-refractivity contribution in [2.45, 2.75) is 84.2 Å². The van der Waals surface area contributed by atoms with E-state index in [0.717, 1.165) is 12.8 Å². The second-order valence-corrected chi connectivity index (χ2v) is 7.88. The van der Waals surface area contributed by atoms with Crippen LogP contribution < -0.4 is 0 Å². The first-order valence-corrected chi connectivity index (χ1v) is 7.51. The molecule has 0 amide bonds. The van der Waals surface area contributed by atoms with Gasteiger partial charge in [-0.3, -0.25) is 0 Å². The Morgan fingerprint density at radius 2 is 1.28 bits per heavy atom. The van der Waals surface area contributed by atoms with Crippen molar-refractivity contribution in [1.82, 2.24) is 0 Å². The SMILES string of the molecule is CC(C)[C@@]12CCC[C@]1(C(C)C)OB(C(C)(C)C)O2. The average Bonchev–Trinajstić information content (AvgIpc) is 2.67. The average molecular weight is 252 g/mol. The fraction of sp³-hybridized carbons (Fsp3) is 1.00. The molecule has 2 rings (SSSR count). The highest BCUT2D eigenvalue weighted by Gasteiger charge is 2.68. The summed E-state index contributed by atoms with van der Waals surface area (Å²) in [7, 11) is -0.0670. The van der Waals surface area contributed by atoms with Crippen molar-refractivity contribution in [1.29, 1.82) is 0 Å². The first kappa shape index (κ1) is 14.4. The lowest BCUT2D eigenvalue weighted by atomic mass is 9.61. The largest absolute Gasteiger partial charge is 0.463 e. The maximum Gasteiger partial charge on any atom is 0.463 e. The Labute approximate surface area is 113 Å². The highest BCUT2D eigenvalue weighted by molar-refractivity contribution is 6.49. The molecule has 1 aliphatic carbocycles. The molecule has 2 nitrogen and oxygen atoms in total. The summed E-state index contributed by atoms with van der Waals surface area (Å²) in [6.45, 7) is 15.8. The van der Waals surface area contributed by atoms with Crippen LogP contribution in [0.4, 0.5) is 0 Å². The third-order valence-electron chi connectivity index (χ3n) is 5.02. The molecule has 0 aromatic rings. The van der Waals surface area contributed by atoms with E-state index in [1.54, 1.807) is 0 Å². The minimum atomic E-state index is -0.0703. The zero-order valence-corrected chi connectivity index (χ0v) is 13.2. The Kier molecular flexibility index (Phi) is 3.39. The van der Waals surface area contributed by atoms with Gasteiger partial charge in [-0.2, -0.15) is 0 Å². The summed E-state index contributed by atoms with van der Waals surface area (Å²) in [6, 6.07) is 0. The van der Waals surface area contributed by atoms with Gasteiger partial charge in [0.05, 0.1) is 11.2 Å². The number of hydrogen-bond acceptors (Lipinski definition) is 2. The van der Waals surface area contributed by atoms with Crippen LogP contribution in [0.15, 0.2) is 0 Å². The van der Waals surface area contributed by atoms with Crippen molar-refractivity contribution in [2.24, 2.45) is 11.8 Å². The van der Waals surface area contributed by atoms with Crippen molar-refractivity contribution < 1.29 is 9.31 Å². The second-order valence-electron chi connectivity index (χ2n) is 7.88. The monoisotopic (exact) mass is 252 g/mol. The first-order chi connectivity index (χ1) is 8.16.